The van der Waals surface area contributed by atoms with Gasteiger partial charge in [-0.05, 0) is 18.2 Å². The Hall–Kier alpha value is -1.72. The number of nitrogens with two attached hydrogens (primary N) is 1. The van der Waals surface area contributed by atoms with E-state index < -0.39 is 0 Å². The highest BCUT2D eigenvalue weighted by Gasteiger charge is 2.16. The average molecular weight is 287 g/mol. The first-order valence-electron chi connectivity index (χ1n) is 4.90. The molecule has 0 saturated heterocycles. The maximum atomic E-state index is 11.9. The second kappa shape index (κ2) is 5.29. The zero-order valence-electron chi connectivity index (χ0n) is 9.53. The highest BCUT2D eigenvalue weighted by Crippen LogP contribution is 2.24. The summed E-state index contributed by atoms with van der Waals surface area (Å²) in [5.74, 6) is -0.676. The summed E-state index contributed by atoms with van der Waals surface area (Å²) in [6, 6.07) is 7.02. The van der Waals surface area contributed by atoms with Gasteiger partial charge in [0, 0.05) is 23.0 Å². The molecule has 0 unspecified atom stereocenters. The maximum Gasteiger partial charge on any atom is 0.276 e. The minimum atomic E-state index is -0.371. The third-order valence-corrected chi connectivity index (χ3v) is 2.84. The van der Waals surface area contributed by atoms with Crippen LogP contribution in [0.15, 0.2) is 24.3 Å². The van der Waals surface area contributed by atoms with E-state index in [4.69, 9.17) is 22.7 Å². The van der Waals surface area contributed by atoms with Gasteiger partial charge in [-0.25, -0.2) is 0 Å². The van der Waals surface area contributed by atoms with Crippen LogP contribution >= 0.6 is 24.0 Å². The van der Waals surface area contributed by atoms with E-state index in [-0.39, 0.29) is 24.3 Å². The molecule has 96 valence electrons. The van der Waals surface area contributed by atoms with Crippen molar-refractivity contribution in [3.63, 3.8) is 0 Å². The lowest BCUT2D eigenvalue weighted by molar-refractivity contribution is 0.0864. The summed E-state index contributed by atoms with van der Waals surface area (Å²) < 4.78 is 0. The van der Waals surface area contributed by atoms with Crippen LogP contribution in [0.1, 0.15) is 10.5 Å². The first kappa shape index (κ1) is 14.3. The van der Waals surface area contributed by atoms with Gasteiger partial charge in [0.05, 0.1) is 0 Å². The molecule has 1 aromatic carbocycles. The predicted molar refractivity (Wildman–Crippen MR) is 74.6 cm³/mol. The number of amides is 1. The van der Waals surface area contributed by atoms with Gasteiger partial charge in [-0.1, -0.05) is 17.7 Å². The first-order valence-corrected chi connectivity index (χ1v) is 5.28. The van der Waals surface area contributed by atoms with E-state index in [2.05, 4.69) is 4.98 Å². The van der Waals surface area contributed by atoms with Gasteiger partial charge in [0.15, 0.2) is 5.96 Å². The Morgan fingerprint density at radius 3 is 2.72 bits per heavy atom. The number of carbonyl (C=O) groups is 1. The highest BCUT2D eigenvalue weighted by molar-refractivity contribution is 6.35. The highest BCUT2D eigenvalue weighted by atomic mass is 35.5. The van der Waals surface area contributed by atoms with Crippen LogP contribution in [0, 0.1) is 5.41 Å². The lowest BCUT2D eigenvalue weighted by Crippen LogP contribution is -2.38. The van der Waals surface area contributed by atoms with Gasteiger partial charge in [-0.3, -0.25) is 15.1 Å². The van der Waals surface area contributed by atoms with Crippen LogP contribution < -0.4 is 5.73 Å². The van der Waals surface area contributed by atoms with Crippen molar-refractivity contribution in [2.24, 2.45) is 5.73 Å². The maximum absolute atomic E-state index is 11.9. The number of hydrogen-bond donors (Lipinski definition) is 3. The number of guanidine groups is 1. The van der Waals surface area contributed by atoms with Crippen molar-refractivity contribution >= 4 is 46.8 Å². The summed E-state index contributed by atoms with van der Waals surface area (Å²) in [4.78, 5) is 15.9. The third kappa shape index (κ3) is 2.42. The van der Waals surface area contributed by atoms with E-state index in [1.165, 1.54) is 7.05 Å². The number of fused-ring (bicyclic) bond motifs is 1. The molecule has 2 aromatic rings. The van der Waals surface area contributed by atoms with Crippen molar-refractivity contribution in [3.8, 4) is 0 Å². The molecule has 0 bridgehead atoms. The average Bonchev–Trinajstić information content (AvgIpc) is 2.72. The first-order chi connectivity index (χ1) is 8.00. The van der Waals surface area contributed by atoms with Gasteiger partial charge in [-0.15, -0.1) is 12.4 Å². The Morgan fingerprint density at radius 2 is 2.17 bits per heavy atom. The number of carbonyl (C=O) groups excluding carboxylic acids is 1. The van der Waals surface area contributed by atoms with Crippen LogP contribution in [0.3, 0.4) is 0 Å². The summed E-state index contributed by atoms with van der Waals surface area (Å²) in [6.07, 6.45) is 0. The molecular formula is C11H12Cl2N4O. The molecule has 2 rings (SSSR count). The van der Waals surface area contributed by atoms with Crippen LogP contribution in [0.5, 0.6) is 0 Å². The third-order valence-electron chi connectivity index (χ3n) is 2.51. The Morgan fingerprint density at radius 1 is 1.50 bits per heavy atom. The topological polar surface area (TPSA) is 86.0 Å². The van der Waals surface area contributed by atoms with Gasteiger partial charge in [0.25, 0.3) is 5.91 Å². The Bertz CT molecular complexity index is 608. The molecule has 4 N–H and O–H groups in total. The SMILES string of the molecule is CN(C(=N)N)C(=O)c1cc2c(Cl)cccc2[nH]1.Cl. The minimum absolute atomic E-state index is 0. The summed E-state index contributed by atoms with van der Waals surface area (Å²) in [6.45, 7) is 0. The number of nitrogens with one attached hydrogen (secondary N) is 2. The zero-order chi connectivity index (χ0) is 12.6. The monoisotopic (exact) mass is 286 g/mol. The van der Waals surface area contributed by atoms with Crippen LogP contribution in [0.2, 0.25) is 5.02 Å². The second-order valence-electron chi connectivity index (χ2n) is 3.63. The molecular weight excluding hydrogens is 275 g/mol. The number of halogens is 2. The van der Waals surface area contributed by atoms with Crippen molar-refractivity contribution in [1.29, 1.82) is 5.41 Å². The van der Waals surface area contributed by atoms with E-state index in [1.54, 1.807) is 18.2 Å². The van der Waals surface area contributed by atoms with Crippen LogP contribution in [0.25, 0.3) is 10.9 Å². The molecule has 1 heterocycles. The number of nitrogens with zero attached hydrogens (tertiary/aromatic N) is 1. The van der Waals surface area contributed by atoms with E-state index in [0.717, 1.165) is 15.8 Å². The molecule has 0 fully saturated rings. The molecule has 0 spiro atoms. The molecule has 0 radical (unpaired) electrons. The number of aromatic amines is 1. The van der Waals surface area contributed by atoms with E-state index in [0.29, 0.717) is 10.7 Å². The van der Waals surface area contributed by atoms with Gasteiger partial charge in [0.2, 0.25) is 0 Å². The molecule has 0 atom stereocenters. The van der Waals surface area contributed by atoms with Crippen LogP contribution in [-0.4, -0.2) is 28.8 Å². The number of benzene rings is 1. The second-order valence-corrected chi connectivity index (χ2v) is 4.04. The summed E-state index contributed by atoms with van der Waals surface area (Å²) in [7, 11) is 1.44. The van der Waals surface area contributed by atoms with Crippen molar-refractivity contribution in [3.05, 3.63) is 35.0 Å². The number of hydrogen-bond acceptors (Lipinski definition) is 2. The number of aromatic nitrogens is 1. The summed E-state index contributed by atoms with van der Waals surface area (Å²) in [5, 5.41) is 8.54. The summed E-state index contributed by atoms with van der Waals surface area (Å²) in [5.41, 5.74) is 6.38. The fraction of sp³-hybridized carbons (Fsp3) is 0.0909. The summed E-state index contributed by atoms with van der Waals surface area (Å²) >= 11 is 6.01. The van der Waals surface area contributed by atoms with Gasteiger partial charge in [-0.2, -0.15) is 0 Å². The van der Waals surface area contributed by atoms with Gasteiger partial charge < -0.3 is 10.7 Å². The lowest BCUT2D eigenvalue weighted by atomic mass is 10.2. The van der Waals surface area contributed by atoms with Crippen molar-refractivity contribution in [2.75, 3.05) is 7.05 Å². The van der Waals surface area contributed by atoms with Crippen LogP contribution in [0.4, 0.5) is 0 Å². The molecule has 1 amide bonds. The van der Waals surface area contributed by atoms with E-state index >= 15 is 0 Å². The lowest BCUT2D eigenvalue weighted by Gasteiger charge is -2.12. The van der Waals surface area contributed by atoms with Crippen molar-refractivity contribution < 1.29 is 4.79 Å². The predicted octanol–water partition coefficient (Wildman–Crippen LogP) is 2.21. The zero-order valence-corrected chi connectivity index (χ0v) is 11.1. The van der Waals surface area contributed by atoms with Crippen LogP contribution in [-0.2, 0) is 0 Å². The Labute approximate surface area is 115 Å². The Kier molecular flexibility index (Phi) is 4.21. The van der Waals surface area contributed by atoms with Gasteiger partial charge >= 0.3 is 0 Å². The fourth-order valence-electron chi connectivity index (χ4n) is 1.52. The minimum Gasteiger partial charge on any atom is -0.370 e. The molecule has 0 aliphatic carbocycles. The molecule has 1 aromatic heterocycles. The molecule has 5 nitrogen and oxygen atoms in total. The van der Waals surface area contributed by atoms with Gasteiger partial charge in [0.1, 0.15) is 5.69 Å². The van der Waals surface area contributed by atoms with E-state index in [9.17, 15) is 4.79 Å². The quantitative estimate of drug-likeness (QED) is 0.555. The molecule has 0 aliphatic heterocycles. The fourth-order valence-corrected chi connectivity index (χ4v) is 1.75. The molecule has 0 aliphatic rings. The number of rotatable bonds is 1. The smallest absolute Gasteiger partial charge is 0.276 e. The molecule has 18 heavy (non-hydrogen) atoms. The van der Waals surface area contributed by atoms with Crippen molar-refractivity contribution in [1.82, 2.24) is 9.88 Å². The van der Waals surface area contributed by atoms with Crippen molar-refractivity contribution in [2.45, 2.75) is 0 Å². The van der Waals surface area contributed by atoms with E-state index in [1.807, 2.05) is 6.07 Å². The normalized spacial score (nSPS) is 9.89. The standard InChI is InChI=1S/C11H11ClN4O.ClH/c1-16(11(13)14)10(17)9-5-6-7(12)3-2-4-8(6)15-9;/h2-5,15H,1H3,(H3,13,14);1H. The largest absolute Gasteiger partial charge is 0.370 e. The molecule has 7 heteroatoms. The number of H-pyrrole nitrogens is 1. The Balaban J connectivity index is 0.00000162. The molecule has 0 saturated carbocycles.